The van der Waals surface area contributed by atoms with E-state index in [0.29, 0.717) is 6.54 Å². The van der Waals surface area contributed by atoms with Crippen molar-refractivity contribution in [3.8, 4) is 0 Å². The highest BCUT2D eigenvalue weighted by atomic mass is 16.4. The van der Waals surface area contributed by atoms with Crippen molar-refractivity contribution in [3.05, 3.63) is 0 Å². The van der Waals surface area contributed by atoms with Crippen LogP contribution < -0.4 is 0 Å². The topological polar surface area (TPSA) is 87.4 Å². The summed E-state index contributed by atoms with van der Waals surface area (Å²) in [5, 5.41) is 37.5. The Bertz CT molecular complexity index is 210. The van der Waals surface area contributed by atoms with Crippen LogP contribution in [-0.4, -0.2) is 94.9 Å². The van der Waals surface area contributed by atoms with E-state index >= 15 is 0 Å². The third-order valence-corrected chi connectivity index (χ3v) is 3.25. The van der Waals surface area contributed by atoms with Crippen LogP contribution in [0.5, 0.6) is 0 Å². The number of piperazine rings is 1. The van der Waals surface area contributed by atoms with Crippen LogP contribution in [0.4, 0.5) is 0 Å². The molecule has 4 N–H and O–H groups in total. The third kappa shape index (κ3) is 4.87. The number of hydrogen-bond donors (Lipinski definition) is 4. The Kier molecular flexibility index (Phi) is 6.32. The maximum absolute atomic E-state index is 9.79. The van der Waals surface area contributed by atoms with Crippen LogP contribution >= 0.6 is 0 Å². The lowest BCUT2D eigenvalue weighted by Crippen LogP contribution is -2.50. The molecule has 3 unspecified atom stereocenters. The van der Waals surface area contributed by atoms with E-state index in [9.17, 15) is 15.3 Å². The molecule has 0 aromatic heterocycles. The predicted octanol–water partition coefficient (Wildman–Crippen LogP) is -2.30. The fourth-order valence-corrected chi connectivity index (χ4v) is 1.96. The van der Waals surface area contributed by atoms with Crippen LogP contribution in [0.15, 0.2) is 0 Å². The highest BCUT2D eigenvalue weighted by Gasteiger charge is 2.26. The van der Waals surface area contributed by atoms with Gasteiger partial charge in [0.05, 0.1) is 12.2 Å². The molecule has 17 heavy (non-hydrogen) atoms. The molecule has 1 saturated heterocycles. The molecule has 0 aromatic rings. The van der Waals surface area contributed by atoms with Crippen molar-refractivity contribution >= 4 is 0 Å². The number of β-amino-alcohol motifs (C(OH)–C–C–N with tert-alkyl or cyclic N) is 1. The second-order valence-electron chi connectivity index (χ2n) is 4.74. The number of rotatable bonds is 6. The van der Waals surface area contributed by atoms with Gasteiger partial charge in [0.15, 0.2) is 0 Å². The molecule has 0 saturated carbocycles. The highest BCUT2D eigenvalue weighted by Crippen LogP contribution is 2.07. The third-order valence-electron chi connectivity index (χ3n) is 3.25. The quantitative estimate of drug-likeness (QED) is 0.423. The first-order valence-corrected chi connectivity index (χ1v) is 6.10. The second kappa shape index (κ2) is 7.25. The second-order valence-corrected chi connectivity index (χ2v) is 4.74. The van der Waals surface area contributed by atoms with Crippen molar-refractivity contribution < 1.29 is 20.4 Å². The van der Waals surface area contributed by atoms with Crippen LogP contribution in [0.1, 0.15) is 6.42 Å². The molecule has 0 bridgehead atoms. The molecule has 1 heterocycles. The Hall–Kier alpha value is -0.240. The Morgan fingerprint density at radius 2 is 1.59 bits per heavy atom. The molecule has 0 aromatic carbocycles. The van der Waals surface area contributed by atoms with Crippen molar-refractivity contribution in [1.82, 2.24) is 9.80 Å². The lowest BCUT2D eigenvalue weighted by Gasteiger charge is -2.35. The lowest BCUT2D eigenvalue weighted by atomic mass is 10.0. The standard InChI is InChI=1S/C11H24N2O4/c1-12-3-5-13(6-4-12)8-10(16)11(17)9(15)2-7-14/h9-11,14-17H,2-8H2,1H3. The van der Waals surface area contributed by atoms with Crippen LogP contribution in [0.3, 0.4) is 0 Å². The van der Waals surface area contributed by atoms with E-state index in [4.69, 9.17) is 5.11 Å². The summed E-state index contributed by atoms with van der Waals surface area (Å²) >= 11 is 0. The summed E-state index contributed by atoms with van der Waals surface area (Å²) in [5.41, 5.74) is 0. The Morgan fingerprint density at radius 3 is 2.12 bits per heavy atom. The van der Waals surface area contributed by atoms with Gasteiger partial charge in [-0.25, -0.2) is 0 Å². The maximum Gasteiger partial charge on any atom is 0.107 e. The normalized spacial score (nSPS) is 24.5. The summed E-state index contributed by atoms with van der Waals surface area (Å²) in [5.74, 6) is 0. The van der Waals surface area contributed by atoms with Crippen LogP contribution in [0, 0.1) is 0 Å². The maximum atomic E-state index is 9.79. The largest absolute Gasteiger partial charge is 0.396 e. The van der Waals surface area contributed by atoms with Gasteiger partial charge in [-0.1, -0.05) is 0 Å². The van der Waals surface area contributed by atoms with Gasteiger partial charge in [0.2, 0.25) is 0 Å². The minimum absolute atomic E-state index is 0.0843. The number of aliphatic hydroxyl groups excluding tert-OH is 4. The van der Waals surface area contributed by atoms with Gasteiger partial charge in [0.25, 0.3) is 0 Å². The number of aliphatic hydroxyl groups is 4. The minimum atomic E-state index is -1.19. The van der Waals surface area contributed by atoms with Gasteiger partial charge in [-0.15, -0.1) is 0 Å². The van der Waals surface area contributed by atoms with Gasteiger partial charge in [0, 0.05) is 39.3 Å². The molecule has 1 rings (SSSR count). The van der Waals surface area contributed by atoms with Crippen molar-refractivity contribution in [2.45, 2.75) is 24.7 Å². The zero-order chi connectivity index (χ0) is 12.8. The number of hydrogen-bond acceptors (Lipinski definition) is 6. The summed E-state index contributed by atoms with van der Waals surface area (Å²) < 4.78 is 0. The molecular weight excluding hydrogens is 224 g/mol. The first-order valence-electron chi connectivity index (χ1n) is 6.10. The summed E-state index contributed by atoms with van der Waals surface area (Å²) in [4.78, 5) is 4.28. The van der Waals surface area contributed by atoms with Crippen molar-refractivity contribution in [2.75, 3.05) is 46.4 Å². The van der Waals surface area contributed by atoms with E-state index in [-0.39, 0.29) is 13.0 Å². The van der Waals surface area contributed by atoms with E-state index in [0.717, 1.165) is 26.2 Å². The molecule has 1 aliphatic rings. The smallest absolute Gasteiger partial charge is 0.107 e. The molecule has 1 aliphatic heterocycles. The number of nitrogens with zero attached hydrogens (tertiary/aromatic N) is 2. The summed E-state index contributed by atoms with van der Waals surface area (Å²) in [6.45, 7) is 3.77. The van der Waals surface area contributed by atoms with E-state index in [1.807, 2.05) is 7.05 Å². The zero-order valence-electron chi connectivity index (χ0n) is 10.4. The van der Waals surface area contributed by atoms with Gasteiger partial charge in [-0.05, 0) is 13.5 Å². The minimum Gasteiger partial charge on any atom is -0.396 e. The molecule has 6 heteroatoms. The molecule has 102 valence electrons. The van der Waals surface area contributed by atoms with Gasteiger partial charge in [-0.2, -0.15) is 0 Å². The molecule has 1 fully saturated rings. The first-order chi connectivity index (χ1) is 8.04. The summed E-state index contributed by atoms with van der Waals surface area (Å²) in [7, 11) is 2.05. The molecule has 0 spiro atoms. The molecule has 0 radical (unpaired) electrons. The van der Waals surface area contributed by atoms with Gasteiger partial charge < -0.3 is 25.3 Å². The first kappa shape index (κ1) is 14.8. The number of likely N-dealkylation sites (N-methyl/N-ethyl adjacent to an activating group) is 1. The van der Waals surface area contributed by atoms with Gasteiger partial charge >= 0.3 is 0 Å². The fourth-order valence-electron chi connectivity index (χ4n) is 1.96. The molecular formula is C11H24N2O4. The SMILES string of the molecule is CN1CCN(CC(O)C(O)C(O)CCO)CC1. The van der Waals surface area contributed by atoms with E-state index < -0.39 is 18.3 Å². The van der Waals surface area contributed by atoms with Crippen molar-refractivity contribution in [3.63, 3.8) is 0 Å². The van der Waals surface area contributed by atoms with Crippen LogP contribution in [0.2, 0.25) is 0 Å². The van der Waals surface area contributed by atoms with E-state index in [2.05, 4.69) is 9.80 Å². The molecule has 0 aliphatic carbocycles. The van der Waals surface area contributed by atoms with Crippen LogP contribution in [0.25, 0.3) is 0 Å². The highest BCUT2D eigenvalue weighted by molar-refractivity contribution is 4.80. The fraction of sp³-hybridized carbons (Fsp3) is 1.00. The van der Waals surface area contributed by atoms with Gasteiger partial charge in [0.1, 0.15) is 6.10 Å². The molecule has 6 nitrogen and oxygen atoms in total. The Labute approximate surface area is 102 Å². The zero-order valence-corrected chi connectivity index (χ0v) is 10.4. The average molecular weight is 248 g/mol. The van der Waals surface area contributed by atoms with E-state index in [1.165, 1.54) is 0 Å². The Morgan fingerprint density at radius 1 is 1.00 bits per heavy atom. The molecule has 3 atom stereocenters. The predicted molar refractivity (Wildman–Crippen MR) is 63.7 cm³/mol. The van der Waals surface area contributed by atoms with Crippen molar-refractivity contribution in [1.29, 1.82) is 0 Å². The molecule has 0 amide bonds. The summed E-state index contributed by atoms with van der Waals surface area (Å²) in [6, 6.07) is 0. The average Bonchev–Trinajstić information content (AvgIpc) is 2.31. The van der Waals surface area contributed by atoms with Gasteiger partial charge in [-0.3, -0.25) is 4.90 Å². The van der Waals surface area contributed by atoms with E-state index in [1.54, 1.807) is 0 Å². The summed E-state index contributed by atoms with van der Waals surface area (Å²) in [6.07, 6.45) is -3.15. The monoisotopic (exact) mass is 248 g/mol. The van der Waals surface area contributed by atoms with Crippen LogP contribution in [-0.2, 0) is 0 Å². The van der Waals surface area contributed by atoms with Crippen molar-refractivity contribution in [2.24, 2.45) is 0 Å². The Balaban J connectivity index is 2.30. The lowest BCUT2D eigenvalue weighted by molar-refractivity contribution is -0.0769.